The van der Waals surface area contributed by atoms with Crippen LogP contribution in [0.1, 0.15) is 12.0 Å². The van der Waals surface area contributed by atoms with E-state index in [-0.39, 0.29) is 6.16 Å². The molecule has 0 aliphatic heterocycles. The molecule has 2 N–H and O–H groups in total. The molecule has 0 saturated heterocycles. The van der Waals surface area contributed by atoms with E-state index in [0.29, 0.717) is 30.3 Å². The SMILES string of the molecule is O=P(O)(O)CCCc1ccc(-c2nc(-c3ccccc3)nc(-c3ccccc3)n2)cc1. The first kappa shape index (κ1) is 21.1. The van der Waals surface area contributed by atoms with Gasteiger partial charge in [0.05, 0.1) is 6.16 Å². The number of benzene rings is 3. The third-order valence-corrected chi connectivity index (χ3v) is 5.73. The minimum Gasteiger partial charge on any atom is -0.324 e. The fourth-order valence-electron chi connectivity index (χ4n) is 3.25. The second kappa shape index (κ2) is 9.31. The fourth-order valence-corrected chi connectivity index (χ4v) is 3.82. The molecule has 4 aromatic rings. The van der Waals surface area contributed by atoms with E-state index in [9.17, 15) is 4.57 Å². The van der Waals surface area contributed by atoms with E-state index >= 15 is 0 Å². The molecule has 0 aliphatic rings. The Hall–Kier alpha value is -3.18. The summed E-state index contributed by atoms with van der Waals surface area (Å²) < 4.78 is 11.0. The largest absolute Gasteiger partial charge is 0.325 e. The molecule has 156 valence electrons. The van der Waals surface area contributed by atoms with Gasteiger partial charge in [0.25, 0.3) is 0 Å². The molecule has 0 saturated carbocycles. The molecule has 0 bridgehead atoms. The maximum absolute atomic E-state index is 11.0. The third-order valence-electron chi connectivity index (χ3n) is 4.83. The van der Waals surface area contributed by atoms with Gasteiger partial charge in [0.1, 0.15) is 0 Å². The summed E-state index contributed by atoms with van der Waals surface area (Å²) in [4.78, 5) is 32.1. The fraction of sp³-hybridized carbons (Fsp3) is 0.125. The first-order valence-electron chi connectivity index (χ1n) is 9.99. The van der Waals surface area contributed by atoms with Crippen molar-refractivity contribution in [2.24, 2.45) is 0 Å². The highest BCUT2D eigenvalue weighted by atomic mass is 31.2. The van der Waals surface area contributed by atoms with Gasteiger partial charge in [-0.05, 0) is 18.4 Å². The molecule has 1 heterocycles. The maximum Gasteiger partial charge on any atom is 0.325 e. The van der Waals surface area contributed by atoms with Crippen molar-refractivity contribution in [1.82, 2.24) is 15.0 Å². The zero-order chi connectivity index (χ0) is 21.7. The molecule has 6 nitrogen and oxygen atoms in total. The molecular weight excluding hydrogens is 409 g/mol. The molecule has 0 fully saturated rings. The minimum absolute atomic E-state index is 0.108. The molecule has 0 spiro atoms. The van der Waals surface area contributed by atoms with Gasteiger partial charge in [-0.25, -0.2) is 15.0 Å². The Kier molecular flexibility index (Phi) is 6.33. The lowest BCUT2D eigenvalue weighted by atomic mass is 10.1. The Balaban J connectivity index is 1.66. The van der Waals surface area contributed by atoms with Crippen molar-refractivity contribution in [1.29, 1.82) is 0 Å². The van der Waals surface area contributed by atoms with Crippen molar-refractivity contribution in [3.05, 3.63) is 90.5 Å². The first-order valence-corrected chi connectivity index (χ1v) is 11.8. The average Bonchev–Trinajstić information content (AvgIpc) is 2.80. The molecule has 3 aromatic carbocycles. The van der Waals surface area contributed by atoms with Crippen LogP contribution in [0.3, 0.4) is 0 Å². The normalized spacial score (nSPS) is 11.4. The molecule has 0 atom stereocenters. The second-order valence-electron chi connectivity index (χ2n) is 7.23. The molecule has 7 heteroatoms. The Morgan fingerprint density at radius 3 is 1.45 bits per heavy atom. The van der Waals surface area contributed by atoms with Crippen LogP contribution in [-0.2, 0) is 11.0 Å². The lowest BCUT2D eigenvalue weighted by Crippen LogP contribution is -2.00. The van der Waals surface area contributed by atoms with E-state index in [1.807, 2.05) is 84.9 Å². The zero-order valence-electron chi connectivity index (χ0n) is 16.8. The summed E-state index contributed by atoms with van der Waals surface area (Å²) >= 11 is 0. The lowest BCUT2D eigenvalue weighted by molar-refractivity contribution is 0.371. The maximum atomic E-state index is 11.0. The number of rotatable bonds is 7. The number of aryl methyl sites for hydroxylation is 1. The van der Waals surface area contributed by atoms with Crippen LogP contribution in [0.15, 0.2) is 84.9 Å². The quantitative estimate of drug-likeness (QED) is 0.401. The summed E-state index contributed by atoms with van der Waals surface area (Å²) in [5, 5.41) is 0. The molecule has 0 unspecified atom stereocenters. The van der Waals surface area contributed by atoms with Crippen molar-refractivity contribution in [3.8, 4) is 34.2 Å². The van der Waals surface area contributed by atoms with Gasteiger partial charge < -0.3 is 9.79 Å². The standard InChI is InChI=1S/C24H22N3O3P/c28-31(29,30)17-7-8-18-13-15-21(16-14-18)24-26-22(19-9-3-1-4-10-19)25-23(27-24)20-11-5-2-6-12-20/h1-6,9-16H,7-8,17H2,(H2,28,29,30). The Morgan fingerprint density at radius 1 is 0.613 bits per heavy atom. The highest BCUT2D eigenvalue weighted by Gasteiger charge is 2.13. The van der Waals surface area contributed by atoms with Crippen LogP contribution >= 0.6 is 7.60 Å². The summed E-state index contributed by atoms with van der Waals surface area (Å²) in [7, 11) is -3.96. The van der Waals surface area contributed by atoms with Crippen LogP contribution in [0, 0.1) is 0 Å². The van der Waals surface area contributed by atoms with E-state index in [1.54, 1.807) is 0 Å². The predicted octanol–water partition coefficient (Wildman–Crippen LogP) is 4.98. The van der Waals surface area contributed by atoms with Gasteiger partial charge in [-0.3, -0.25) is 4.57 Å². The minimum atomic E-state index is -3.96. The molecule has 0 amide bonds. The van der Waals surface area contributed by atoms with Crippen LogP contribution in [0.2, 0.25) is 0 Å². The van der Waals surface area contributed by atoms with E-state index in [4.69, 9.17) is 19.8 Å². The first-order chi connectivity index (χ1) is 15.0. The summed E-state index contributed by atoms with van der Waals surface area (Å²) in [6.07, 6.45) is 0.932. The van der Waals surface area contributed by atoms with Crippen LogP contribution in [0.4, 0.5) is 0 Å². The van der Waals surface area contributed by atoms with Gasteiger partial charge in [-0.1, -0.05) is 84.9 Å². The number of hydrogen-bond donors (Lipinski definition) is 2. The number of hydrogen-bond acceptors (Lipinski definition) is 4. The van der Waals surface area contributed by atoms with Crippen LogP contribution in [-0.4, -0.2) is 30.9 Å². The second-order valence-corrected chi connectivity index (χ2v) is 9.00. The van der Waals surface area contributed by atoms with Crippen molar-refractivity contribution >= 4 is 7.60 Å². The van der Waals surface area contributed by atoms with Gasteiger partial charge in [0.2, 0.25) is 0 Å². The summed E-state index contributed by atoms with van der Waals surface area (Å²) in [5.41, 5.74) is 3.70. The van der Waals surface area contributed by atoms with Crippen molar-refractivity contribution in [2.45, 2.75) is 12.8 Å². The van der Waals surface area contributed by atoms with Crippen molar-refractivity contribution in [2.75, 3.05) is 6.16 Å². The van der Waals surface area contributed by atoms with Gasteiger partial charge in [0, 0.05) is 16.7 Å². The third kappa shape index (κ3) is 5.70. The molecular formula is C24H22N3O3P. The molecule has 0 radical (unpaired) electrons. The van der Waals surface area contributed by atoms with Crippen molar-refractivity contribution in [3.63, 3.8) is 0 Å². The lowest BCUT2D eigenvalue weighted by Gasteiger charge is -2.09. The summed E-state index contributed by atoms with van der Waals surface area (Å²) in [6, 6.07) is 27.4. The molecule has 1 aromatic heterocycles. The highest BCUT2D eigenvalue weighted by Crippen LogP contribution is 2.35. The van der Waals surface area contributed by atoms with Crippen LogP contribution in [0.25, 0.3) is 34.2 Å². The number of nitrogens with zero attached hydrogens (tertiary/aromatic N) is 3. The van der Waals surface area contributed by atoms with Crippen molar-refractivity contribution < 1.29 is 14.4 Å². The van der Waals surface area contributed by atoms with E-state index in [1.165, 1.54) is 0 Å². The Bertz CT molecular complexity index is 1140. The Morgan fingerprint density at radius 2 is 1.03 bits per heavy atom. The molecule has 0 aliphatic carbocycles. The van der Waals surface area contributed by atoms with E-state index in [0.717, 1.165) is 22.3 Å². The van der Waals surface area contributed by atoms with E-state index < -0.39 is 7.60 Å². The monoisotopic (exact) mass is 431 g/mol. The topological polar surface area (TPSA) is 96.2 Å². The summed E-state index contributed by atoms with van der Waals surface area (Å²) in [5.74, 6) is 1.79. The van der Waals surface area contributed by atoms with Gasteiger partial charge >= 0.3 is 7.60 Å². The predicted molar refractivity (Wildman–Crippen MR) is 121 cm³/mol. The molecule has 4 rings (SSSR count). The highest BCUT2D eigenvalue weighted by molar-refractivity contribution is 7.51. The van der Waals surface area contributed by atoms with Gasteiger partial charge in [-0.2, -0.15) is 0 Å². The van der Waals surface area contributed by atoms with Gasteiger partial charge in [-0.15, -0.1) is 0 Å². The Labute approximate surface area is 180 Å². The number of aromatic nitrogens is 3. The van der Waals surface area contributed by atoms with Crippen LogP contribution < -0.4 is 0 Å². The smallest absolute Gasteiger partial charge is 0.324 e. The van der Waals surface area contributed by atoms with Crippen LogP contribution in [0.5, 0.6) is 0 Å². The van der Waals surface area contributed by atoms with Gasteiger partial charge in [0.15, 0.2) is 17.5 Å². The molecule has 31 heavy (non-hydrogen) atoms. The van der Waals surface area contributed by atoms with E-state index in [2.05, 4.69) is 4.98 Å². The summed E-state index contributed by atoms with van der Waals surface area (Å²) in [6.45, 7) is 0. The average molecular weight is 431 g/mol. The zero-order valence-corrected chi connectivity index (χ0v) is 17.7.